The van der Waals surface area contributed by atoms with Gasteiger partial charge in [0.2, 0.25) is 0 Å². The molecule has 1 aromatic rings. The summed E-state index contributed by atoms with van der Waals surface area (Å²) in [6.07, 6.45) is 4.44. The minimum atomic E-state index is 0.741. The van der Waals surface area contributed by atoms with Gasteiger partial charge in [0.1, 0.15) is 0 Å². The molecule has 0 amide bonds. The molecule has 2 heterocycles. The lowest BCUT2D eigenvalue weighted by Crippen LogP contribution is -2.40. The Balaban J connectivity index is 1.88. The van der Waals surface area contributed by atoms with Crippen molar-refractivity contribution in [3.05, 3.63) is 29.6 Å². The van der Waals surface area contributed by atoms with Crippen LogP contribution in [0.4, 0.5) is 0 Å². The summed E-state index contributed by atoms with van der Waals surface area (Å²) in [7, 11) is 1.86. The Morgan fingerprint density at radius 1 is 1.52 bits per heavy atom. The molecule has 4 heteroatoms. The number of aryl methyl sites for hydroxylation is 1. The maximum Gasteiger partial charge on any atom is 0.193 e. The first-order valence-corrected chi connectivity index (χ1v) is 7.96. The minimum Gasteiger partial charge on any atom is -0.351 e. The second-order valence-electron chi connectivity index (χ2n) is 6.40. The average molecular weight is 288 g/mol. The largest absolute Gasteiger partial charge is 0.351 e. The number of pyridine rings is 1. The molecule has 1 aromatic heterocycles. The fourth-order valence-corrected chi connectivity index (χ4v) is 3.08. The maximum absolute atomic E-state index is 4.43. The van der Waals surface area contributed by atoms with Gasteiger partial charge in [0, 0.05) is 26.3 Å². The first kappa shape index (κ1) is 15.8. The molecule has 1 unspecified atom stereocenters. The van der Waals surface area contributed by atoms with Gasteiger partial charge in [0.25, 0.3) is 0 Å². The molecule has 1 N–H and O–H groups in total. The molecular weight excluding hydrogens is 260 g/mol. The summed E-state index contributed by atoms with van der Waals surface area (Å²) < 4.78 is 0. The highest BCUT2D eigenvalue weighted by atomic mass is 15.3. The van der Waals surface area contributed by atoms with Crippen LogP contribution < -0.4 is 5.32 Å². The summed E-state index contributed by atoms with van der Waals surface area (Å²) >= 11 is 0. The van der Waals surface area contributed by atoms with Crippen LogP contribution in [0.15, 0.2) is 23.3 Å². The fraction of sp³-hybridized carbons (Fsp3) is 0.647. The van der Waals surface area contributed by atoms with Crippen LogP contribution in [0.25, 0.3) is 0 Å². The monoisotopic (exact) mass is 288 g/mol. The predicted octanol–water partition coefficient (Wildman–Crippen LogP) is 2.83. The molecule has 0 aliphatic carbocycles. The zero-order valence-electron chi connectivity index (χ0n) is 13.8. The number of hydrogen-bond donors (Lipinski definition) is 1. The van der Waals surface area contributed by atoms with Gasteiger partial charge < -0.3 is 10.2 Å². The number of hydrogen-bond acceptors (Lipinski definition) is 2. The molecule has 1 aliphatic rings. The molecule has 1 fully saturated rings. The second kappa shape index (κ2) is 7.43. The van der Waals surface area contributed by atoms with Gasteiger partial charge >= 0.3 is 0 Å². The van der Waals surface area contributed by atoms with Gasteiger partial charge in [-0.2, -0.15) is 0 Å². The summed E-state index contributed by atoms with van der Waals surface area (Å²) in [6, 6.07) is 4.08. The van der Waals surface area contributed by atoms with Gasteiger partial charge in [-0.25, -0.2) is 0 Å². The molecule has 0 radical (unpaired) electrons. The smallest absolute Gasteiger partial charge is 0.193 e. The number of likely N-dealkylation sites (tertiary alicyclic amines) is 1. The van der Waals surface area contributed by atoms with Gasteiger partial charge in [0.15, 0.2) is 5.96 Å². The fourth-order valence-electron chi connectivity index (χ4n) is 3.08. The van der Waals surface area contributed by atoms with E-state index in [1.807, 2.05) is 19.3 Å². The van der Waals surface area contributed by atoms with Crippen molar-refractivity contribution < 1.29 is 0 Å². The normalized spacial score (nSPS) is 19.4. The van der Waals surface area contributed by atoms with Gasteiger partial charge in [-0.05, 0) is 43.2 Å². The number of rotatable bonds is 4. The van der Waals surface area contributed by atoms with E-state index in [2.05, 4.69) is 47.0 Å². The van der Waals surface area contributed by atoms with E-state index in [1.54, 1.807) is 0 Å². The van der Waals surface area contributed by atoms with Crippen molar-refractivity contribution in [1.29, 1.82) is 0 Å². The van der Waals surface area contributed by atoms with E-state index in [0.29, 0.717) is 0 Å². The summed E-state index contributed by atoms with van der Waals surface area (Å²) in [4.78, 5) is 11.2. The van der Waals surface area contributed by atoms with E-state index in [4.69, 9.17) is 0 Å². The Morgan fingerprint density at radius 2 is 2.33 bits per heavy atom. The van der Waals surface area contributed by atoms with E-state index in [9.17, 15) is 0 Å². The molecule has 0 bridgehead atoms. The highest BCUT2D eigenvalue weighted by Gasteiger charge is 2.25. The molecule has 2 rings (SSSR count). The molecule has 1 saturated heterocycles. The minimum absolute atomic E-state index is 0.741. The molecule has 0 spiro atoms. The predicted molar refractivity (Wildman–Crippen MR) is 88.3 cm³/mol. The Kier molecular flexibility index (Phi) is 5.59. The molecule has 21 heavy (non-hydrogen) atoms. The number of nitrogens with zero attached hydrogens (tertiary/aromatic N) is 3. The lowest BCUT2D eigenvalue weighted by atomic mass is 9.97. The van der Waals surface area contributed by atoms with E-state index in [1.165, 1.54) is 18.4 Å². The van der Waals surface area contributed by atoms with Crippen LogP contribution in [-0.2, 0) is 6.54 Å². The third-order valence-corrected chi connectivity index (χ3v) is 4.13. The second-order valence-corrected chi connectivity index (χ2v) is 6.40. The lowest BCUT2D eigenvalue weighted by Gasteiger charge is -2.22. The van der Waals surface area contributed by atoms with Crippen LogP contribution in [0, 0.1) is 18.8 Å². The first-order valence-electron chi connectivity index (χ1n) is 7.96. The first-order chi connectivity index (χ1) is 10.1. The number of nitrogens with one attached hydrogen (secondary N) is 1. The zero-order valence-corrected chi connectivity index (χ0v) is 13.8. The van der Waals surface area contributed by atoms with E-state index in [-0.39, 0.29) is 0 Å². The van der Waals surface area contributed by atoms with E-state index < -0.39 is 0 Å². The Labute approximate surface area is 128 Å². The lowest BCUT2D eigenvalue weighted by molar-refractivity contribution is 0.403. The molecule has 1 atom stereocenters. The number of aromatic nitrogens is 1. The van der Waals surface area contributed by atoms with Crippen molar-refractivity contribution in [1.82, 2.24) is 15.2 Å². The Hall–Kier alpha value is -1.58. The van der Waals surface area contributed by atoms with Crippen LogP contribution in [0.1, 0.15) is 37.9 Å². The third-order valence-electron chi connectivity index (χ3n) is 4.13. The van der Waals surface area contributed by atoms with E-state index >= 15 is 0 Å². The molecule has 4 nitrogen and oxygen atoms in total. The number of aliphatic imine (C=N–C) groups is 1. The quantitative estimate of drug-likeness (QED) is 0.684. The van der Waals surface area contributed by atoms with Gasteiger partial charge in [-0.1, -0.05) is 19.9 Å². The van der Waals surface area contributed by atoms with Crippen LogP contribution in [0.2, 0.25) is 0 Å². The summed E-state index contributed by atoms with van der Waals surface area (Å²) in [5, 5.41) is 3.46. The zero-order chi connectivity index (χ0) is 15.2. The van der Waals surface area contributed by atoms with Crippen LogP contribution in [0.3, 0.4) is 0 Å². The van der Waals surface area contributed by atoms with Gasteiger partial charge in [-0.15, -0.1) is 0 Å². The number of guanidine groups is 1. The van der Waals surface area contributed by atoms with E-state index in [0.717, 1.165) is 43.1 Å². The topological polar surface area (TPSA) is 40.5 Å². The van der Waals surface area contributed by atoms with Crippen molar-refractivity contribution >= 4 is 5.96 Å². The van der Waals surface area contributed by atoms with Crippen molar-refractivity contribution in [2.24, 2.45) is 16.8 Å². The molecular formula is C17H28N4. The van der Waals surface area contributed by atoms with Crippen molar-refractivity contribution in [3.63, 3.8) is 0 Å². The Morgan fingerprint density at radius 3 is 3.00 bits per heavy atom. The standard InChI is InChI=1S/C17H28N4/c1-13(2)10-15-7-9-21(12-15)17(18-4)20-11-16-14(3)6-5-8-19-16/h5-6,8,13,15H,7,9-12H2,1-4H3,(H,18,20). The summed E-state index contributed by atoms with van der Waals surface area (Å²) in [5.41, 5.74) is 2.32. The highest BCUT2D eigenvalue weighted by Crippen LogP contribution is 2.23. The molecule has 1 aliphatic heterocycles. The van der Waals surface area contributed by atoms with Crippen LogP contribution >= 0.6 is 0 Å². The maximum atomic E-state index is 4.43. The van der Waals surface area contributed by atoms with Crippen molar-refractivity contribution in [2.45, 2.75) is 40.2 Å². The summed E-state index contributed by atoms with van der Waals surface area (Å²) in [5.74, 6) is 2.59. The Bertz CT molecular complexity index is 481. The average Bonchev–Trinajstić information content (AvgIpc) is 2.89. The van der Waals surface area contributed by atoms with Crippen molar-refractivity contribution in [3.8, 4) is 0 Å². The molecule has 0 aromatic carbocycles. The van der Waals surface area contributed by atoms with Gasteiger partial charge in [-0.3, -0.25) is 9.98 Å². The molecule has 0 saturated carbocycles. The highest BCUT2D eigenvalue weighted by molar-refractivity contribution is 5.80. The van der Waals surface area contributed by atoms with Crippen molar-refractivity contribution in [2.75, 3.05) is 20.1 Å². The van der Waals surface area contributed by atoms with Crippen LogP contribution in [-0.4, -0.2) is 36.0 Å². The van der Waals surface area contributed by atoms with Gasteiger partial charge in [0.05, 0.1) is 12.2 Å². The molecule has 116 valence electrons. The summed E-state index contributed by atoms with van der Waals surface area (Å²) in [6.45, 7) is 9.68. The SMILES string of the molecule is CN=C(NCc1ncccc1C)N1CCC(CC(C)C)C1. The third kappa shape index (κ3) is 4.45. The van der Waals surface area contributed by atoms with Crippen LogP contribution in [0.5, 0.6) is 0 Å².